The Morgan fingerprint density at radius 3 is 2.79 bits per heavy atom. The Bertz CT molecular complexity index is 781. The van der Waals surface area contributed by atoms with Crippen LogP contribution < -0.4 is 0 Å². The fourth-order valence-corrected chi connectivity index (χ4v) is 4.69. The summed E-state index contributed by atoms with van der Waals surface area (Å²) in [5.41, 5.74) is 1.99. The smallest absolute Gasteiger partial charge is 0.277 e. The highest BCUT2D eigenvalue weighted by Crippen LogP contribution is 2.35. The van der Waals surface area contributed by atoms with Gasteiger partial charge in [-0.15, -0.1) is 21.5 Å². The highest BCUT2D eigenvalue weighted by Gasteiger charge is 2.19. The van der Waals surface area contributed by atoms with Gasteiger partial charge < -0.3 is 4.42 Å². The summed E-state index contributed by atoms with van der Waals surface area (Å²) in [6.45, 7) is 0. The van der Waals surface area contributed by atoms with Crippen LogP contribution in [-0.2, 0) is 5.75 Å². The summed E-state index contributed by atoms with van der Waals surface area (Å²) in [6, 6.07) is 3.72. The number of thioether (sulfide) groups is 1. The minimum absolute atomic E-state index is 0.529. The zero-order chi connectivity index (χ0) is 16.2. The maximum Gasteiger partial charge on any atom is 0.277 e. The first kappa shape index (κ1) is 15.8. The van der Waals surface area contributed by atoms with Crippen LogP contribution in [0.2, 0.25) is 0 Å². The van der Waals surface area contributed by atoms with Crippen LogP contribution in [0, 0.1) is 0 Å². The predicted molar refractivity (Wildman–Crippen MR) is 95.0 cm³/mol. The van der Waals surface area contributed by atoms with E-state index in [1.165, 1.54) is 48.9 Å². The summed E-state index contributed by atoms with van der Waals surface area (Å²) >= 11 is 3.33. The number of pyridine rings is 1. The standard InChI is InChI=1S/C17H18N4OS2/c1-2-4-13(5-3-1)16-19-14(10-23-16)11-24-17-21-20-15(22-17)12-6-8-18-9-7-12/h6-10,13H,1-5,11H2. The van der Waals surface area contributed by atoms with Gasteiger partial charge in [0.05, 0.1) is 10.7 Å². The van der Waals surface area contributed by atoms with Gasteiger partial charge in [-0.1, -0.05) is 31.0 Å². The van der Waals surface area contributed by atoms with Crippen LogP contribution in [0.3, 0.4) is 0 Å². The Morgan fingerprint density at radius 1 is 1.12 bits per heavy atom. The molecule has 0 spiro atoms. The number of thiazole rings is 1. The molecule has 7 heteroatoms. The molecule has 124 valence electrons. The molecule has 3 aromatic heterocycles. The molecule has 0 aromatic carbocycles. The molecule has 0 N–H and O–H groups in total. The quantitative estimate of drug-likeness (QED) is 0.603. The lowest BCUT2D eigenvalue weighted by molar-refractivity contribution is 0.442. The average Bonchev–Trinajstić information content (AvgIpc) is 3.31. The van der Waals surface area contributed by atoms with Crippen molar-refractivity contribution in [3.63, 3.8) is 0 Å². The molecule has 1 fully saturated rings. The van der Waals surface area contributed by atoms with Crippen LogP contribution in [0.25, 0.3) is 11.5 Å². The molecule has 0 saturated heterocycles. The Kier molecular flexibility index (Phi) is 4.89. The predicted octanol–water partition coefficient (Wildman–Crippen LogP) is 4.93. The van der Waals surface area contributed by atoms with Gasteiger partial charge in [0.2, 0.25) is 5.89 Å². The second-order valence-electron chi connectivity index (χ2n) is 5.91. The highest BCUT2D eigenvalue weighted by molar-refractivity contribution is 7.98. The Morgan fingerprint density at radius 2 is 1.96 bits per heavy atom. The normalized spacial score (nSPS) is 15.7. The lowest BCUT2D eigenvalue weighted by Crippen LogP contribution is -2.04. The molecule has 1 saturated carbocycles. The third-order valence-electron chi connectivity index (χ3n) is 4.20. The molecule has 0 bridgehead atoms. The Labute approximate surface area is 148 Å². The maximum absolute atomic E-state index is 5.70. The van der Waals surface area contributed by atoms with Crippen LogP contribution in [0.5, 0.6) is 0 Å². The van der Waals surface area contributed by atoms with Gasteiger partial charge in [-0.25, -0.2) is 4.98 Å². The van der Waals surface area contributed by atoms with Crippen LogP contribution in [-0.4, -0.2) is 20.2 Å². The summed E-state index contributed by atoms with van der Waals surface area (Å²) < 4.78 is 5.70. The van der Waals surface area contributed by atoms with Crippen LogP contribution in [0.4, 0.5) is 0 Å². The van der Waals surface area contributed by atoms with Crippen molar-refractivity contribution in [3.8, 4) is 11.5 Å². The third-order valence-corrected chi connectivity index (χ3v) is 6.11. The largest absolute Gasteiger partial charge is 0.411 e. The van der Waals surface area contributed by atoms with E-state index in [9.17, 15) is 0 Å². The molecule has 0 amide bonds. The van der Waals surface area contributed by atoms with Crippen molar-refractivity contribution < 1.29 is 4.42 Å². The van der Waals surface area contributed by atoms with E-state index in [0.29, 0.717) is 17.0 Å². The van der Waals surface area contributed by atoms with E-state index in [2.05, 4.69) is 20.6 Å². The minimum Gasteiger partial charge on any atom is -0.411 e. The van der Waals surface area contributed by atoms with Gasteiger partial charge in [-0.05, 0) is 25.0 Å². The first-order chi connectivity index (χ1) is 11.9. The van der Waals surface area contributed by atoms with Gasteiger partial charge in [-0.3, -0.25) is 4.98 Å². The van der Waals surface area contributed by atoms with Gasteiger partial charge in [0, 0.05) is 35.0 Å². The average molecular weight is 358 g/mol. The Balaban J connectivity index is 1.37. The van der Waals surface area contributed by atoms with E-state index in [1.54, 1.807) is 23.7 Å². The molecular weight excluding hydrogens is 340 g/mol. The van der Waals surface area contributed by atoms with Crippen molar-refractivity contribution in [2.24, 2.45) is 0 Å². The van der Waals surface area contributed by atoms with Crippen molar-refractivity contribution in [1.29, 1.82) is 0 Å². The molecule has 5 nitrogen and oxygen atoms in total. The van der Waals surface area contributed by atoms with Gasteiger partial charge in [0.15, 0.2) is 0 Å². The molecule has 1 aliphatic carbocycles. The summed E-state index contributed by atoms with van der Waals surface area (Å²) in [4.78, 5) is 8.81. The van der Waals surface area contributed by atoms with E-state index in [-0.39, 0.29) is 0 Å². The molecular formula is C17H18N4OS2. The molecule has 0 aliphatic heterocycles. The topological polar surface area (TPSA) is 64.7 Å². The zero-order valence-corrected chi connectivity index (χ0v) is 14.9. The van der Waals surface area contributed by atoms with E-state index in [0.717, 1.165) is 17.0 Å². The van der Waals surface area contributed by atoms with Crippen molar-refractivity contribution >= 4 is 23.1 Å². The first-order valence-corrected chi connectivity index (χ1v) is 10.1. The van der Waals surface area contributed by atoms with E-state index < -0.39 is 0 Å². The van der Waals surface area contributed by atoms with Gasteiger partial charge in [0.1, 0.15) is 0 Å². The summed E-state index contributed by atoms with van der Waals surface area (Å²) in [5.74, 6) is 1.96. The van der Waals surface area contributed by atoms with E-state index in [4.69, 9.17) is 9.40 Å². The van der Waals surface area contributed by atoms with Crippen molar-refractivity contribution in [3.05, 3.63) is 40.6 Å². The second-order valence-corrected chi connectivity index (χ2v) is 7.73. The number of hydrogen-bond acceptors (Lipinski definition) is 7. The van der Waals surface area contributed by atoms with Crippen LogP contribution in [0.15, 0.2) is 39.5 Å². The van der Waals surface area contributed by atoms with Gasteiger partial charge in [0.25, 0.3) is 5.22 Å². The molecule has 24 heavy (non-hydrogen) atoms. The lowest BCUT2D eigenvalue weighted by Gasteiger charge is -2.18. The van der Waals surface area contributed by atoms with E-state index in [1.807, 2.05) is 12.1 Å². The Hall–Kier alpha value is -1.73. The second kappa shape index (κ2) is 7.44. The molecule has 4 rings (SSSR count). The number of nitrogens with zero attached hydrogens (tertiary/aromatic N) is 4. The molecule has 0 unspecified atom stereocenters. The highest BCUT2D eigenvalue weighted by atomic mass is 32.2. The van der Waals surface area contributed by atoms with Crippen molar-refractivity contribution in [2.75, 3.05) is 0 Å². The minimum atomic E-state index is 0.529. The van der Waals surface area contributed by atoms with Gasteiger partial charge in [-0.2, -0.15) is 0 Å². The zero-order valence-electron chi connectivity index (χ0n) is 13.2. The van der Waals surface area contributed by atoms with Crippen LogP contribution in [0.1, 0.15) is 48.7 Å². The first-order valence-electron chi connectivity index (χ1n) is 8.19. The fourth-order valence-electron chi connectivity index (χ4n) is 2.94. The molecule has 3 heterocycles. The summed E-state index contributed by atoms with van der Waals surface area (Å²) in [7, 11) is 0. The molecule has 3 aromatic rings. The third kappa shape index (κ3) is 3.67. The number of rotatable bonds is 5. The molecule has 0 atom stereocenters. The fraction of sp³-hybridized carbons (Fsp3) is 0.412. The van der Waals surface area contributed by atoms with E-state index >= 15 is 0 Å². The lowest BCUT2D eigenvalue weighted by atomic mass is 9.90. The molecule has 1 aliphatic rings. The SMILES string of the molecule is c1cc(-c2nnc(SCc3csc(C4CCCCC4)n3)o2)ccn1. The number of aromatic nitrogens is 4. The van der Waals surface area contributed by atoms with Crippen molar-refractivity contribution in [2.45, 2.75) is 49.0 Å². The maximum atomic E-state index is 5.70. The van der Waals surface area contributed by atoms with Crippen molar-refractivity contribution in [1.82, 2.24) is 20.2 Å². The van der Waals surface area contributed by atoms with Gasteiger partial charge >= 0.3 is 0 Å². The number of hydrogen-bond donors (Lipinski definition) is 0. The monoisotopic (exact) mass is 358 g/mol. The summed E-state index contributed by atoms with van der Waals surface area (Å²) in [6.07, 6.45) is 10.1. The van der Waals surface area contributed by atoms with Crippen LogP contribution >= 0.6 is 23.1 Å². The summed E-state index contributed by atoms with van der Waals surface area (Å²) in [5, 5.41) is 12.2. The molecule has 0 radical (unpaired) electrons.